The average Bonchev–Trinajstić information content (AvgIpc) is 3.42. The zero-order valence-corrected chi connectivity index (χ0v) is 14.6. The highest BCUT2D eigenvalue weighted by Gasteiger charge is 2.31. The summed E-state index contributed by atoms with van der Waals surface area (Å²) in [6.45, 7) is 0. The average molecular weight is 361 g/mol. The van der Waals surface area contributed by atoms with Gasteiger partial charge < -0.3 is 15.5 Å². The normalized spacial score (nSPS) is 23.4. The molecule has 0 spiro atoms. The molecule has 0 unspecified atom stereocenters. The molecule has 0 aliphatic heterocycles. The van der Waals surface area contributed by atoms with Crippen LogP contribution in [0.4, 0.5) is 5.95 Å². The van der Waals surface area contributed by atoms with E-state index in [0.29, 0.717) is 28.1 Å². The Kier molecular flexibility index (Phi) is 4.48. The van der Waals surface area contributed by atoms with E-state index in [1.165, 1.54) is 6.07 Å². The minimum atomic E-state index is -0.373. The monoisotopic (exact) mass is 360 g/mol. The Morgan fingerprint density at radius 2 is 1.88 bits per heavy atom. The van der Waals surface area contributed by atoms with E-state index in [4.69, 9.17) is 11.6 Å². The molecular formula is C18H21ClN4O2. The molecule has 2 aromatic rings. The second-order valence-corrected chi connectivity index (χ2v) is 7.34. The van der Waals surface area contributed by atoms with Crippen LogP contribution in [0.15, 0.2) is 18.2 Å². The zero-order chi connectivity index (χ0) is 17.4. The highest BCUT2D eigenvalue weighted by Crippen LogP contribution is 2.44. The number of aromatic nitrogens is 3. The van der Waals surface area contributed by atoms with Gasteiger partial charge in [0.05, 0.1) is 17.8 Å². The minimum Gasteiger partial charge on any atom is -0.507 e. The molecule has 7 heteroatoms. The van der Waals surface area contributed by atoms with E-state index in [0.717, 1.165) is 44.2 Å². The van der Waals surface area contributed by atoms with Gasteiger partial charge in [0, 0.05) is 16.5 Å². The summed E-state index contributed by atoms with van der Waals surface area (Å²) in [6.07, 6.45) is 5.61. The predicted octanol–water partition coefficient (Wildman–Crippen LogP) is 3.49. The summed E-state index contributed by atoms with van der Waals surface area (Å²) in [6, 6.07) is 4.93. The highest BCUT2D eigenvalue weighted by atomic mass is 35.5. The van der Waals surface area contributed by atoms with Crippen LogP contribution in [0.2, 0.25) is 5.02 Å². The molecule has 0 radical (unpaired) electrons. The fourth-order valence-electron chi connectivity index (χ4n) is 3.38. The molecule has 1 aromatic heterocycles. The first-order chi connectivity index (χ1) is 12.1. The van der Waals surface area contributed by atoms with Crippen molar-refractivity contribution in [3.8, 4) is 17.0 Å². The number of anilines is 1. The molecule has 6 nitrogen and oxygen atoms in total. The molecule has 1 aromatic carbocycles. The largest absolute Gasteiger partial charge is 0.507 e. The molecule has 3 N–H and O–H groups in total. The molecule has 2 fully saturated rings. The molecule has 4 rings (SSSR count). The standard InChI is InChI=1S/C18H21ClN4O2/c19-11-7-8-12(15(25)9-11)17-16(10-5-6-10)21-18(23-22-17)20-13-3-1-2-4-14(13)24/h7-10,13-14,24-25H,1-6H2,(H,20,21,23)/t13-,14-/m1/s1. The summed E-state index contributed by atoms with van der Waals surface area (Å²) in [7, 11) is 0. The van der Waals surface area contributed by atoms with E-state index < -0.39 is 0 Å². The van der Waals surface area contributed by atoms with Crippen molar-refractivity contribution in [1.82, 2.24) is 15.2 Å². The Labute approximate surface area is 151 Å². The fourth-order valence-corrected chi connectivity index (χ4v) is 3.55. The molecule has 25 heavy (non-hydrogen) atoms. The SMILES string of the molecule is Oc1cc(Cl)ccc1-c1nnc(N[C@@H]2CCCC[C@H]2O)nc1C1CC1. The molecule has 1 heterocycles. The quantitative estimate of drug-likeness (QED) is 0.773. The lowest BCUT2D eigenvalue weighted by molar-refractivity contribution is 0.116. The molecule has 0 saturated heterocycles. The van der Waals surface area contributed by atoms with Gasteiger partial charge in [-0.15, -0.1) is 10.2 Å². The topological polar surface area (TPSA) is 91.2 Å². The summed E-state index contributed by atoms with van der Waals surface area (Å²) in [4.78, 5) is 4.66. The predicted molar refractivity (Wildman–Crippen MR) is 95.8 cm³/mol. The Balaban J connectivity index is 1.65. The van der Waals surface area contributed by atoms with Crippen LogP contribution in [-0.2, 0) is 0 Å². The number of rotatable bonds is 4. The number of benzene rings is 1. The van der Waals surface area contributed by atoms with Crippen molar-refractivity contribution in [3.05, 3.63) is 28.9 Å². The van der Waals surface area contributed by atoms with Gasteiger partial charge in [0.25, 0.3) is 0 Å². The third-order valence-electron chi connectivity index (χ3n) is 4.94. The summed E-state index contributed by atoms with van der Waals surface area (Å²) >= 11 is 5.92. The number of halogens is 1. The van der Waals surface area contributed by atoms with E-state index in [1.54, 1.807) is 12.1 Å². The Bertz CT molecular complexity index is 782. The fraction of sp³-hybridized carbons (Fsp3) is 0.500. The first-order valence-corrected chi connectivity index (χ1v) is 9.17. The van der Waals surface area contributed by atoms with Crippen molar-refractivity contribution >= 4 is 17.5 Å². The lowest BCUT2D eigenvalue weighted by Gasteiger charge is -2.28. The Morgan fingerprint density at radius 3 is 2.60 bits per heavy atom. The van der Waals surface area contributed by atoms with E-state index in [-0.39, 0.29) is 17.9 Å². The van der Waals surface area contributed by atoms with Gasteiger partial charge >= 0.3 is 0 Å². The van der Waals surface area contributed by atoms with Crippen LogP contribution in [0.3, 0.4) is 0 Å². The van der Waals surface area contributed by atoms with E-state index in [2.05, 4.69) is 20.5 Å². The molecule has 0 amide bonds. The Hall–Kier alpha value is -1.92. The Morgan fingerprint density at radius 1 is 1.08 bits per heavy atom. The van der Waals surface area contributed by atoms with Crippen molar-refractivity contribution < 1.29 is 10.2 Å². The van der Waals surface area contributed by atoms with Crippen LogP contribution in [0.1, 0.15) is 50.1 Å². The van der Waals surface area contributed by atoms with Gasteiger partial charge in [0.1, 0.15) is 11.4 Å². The summed E-state index contributed by atoms with van der Waals surface area (Å²) < 4.78 is 0. The lowest BCUT2D eigenvalue weighted by Crippen LogP contribution is -2.37. The number of aliphatic hydroxyl groups excluding tert-OH is 1. The number of hydrogen-bond donors (Lipinski definition) is 3. The van der Waals surface area contributed by atoms with Crippen LogP contribution in [0.25, 0.3) is 11.3 Å². The minimum absolute atomic E-state index is 0.0302. The number of hydrogen-bond acceptors (Lipinski definition) is 6. The van der Waals surface area contributed by atoms with Gasteiger partial charge in [-0.3, -0.25) is 0 Å². The molecule has 2 aliphatic rings. The molecular weight excluding hydrogens is 340 g/mol. The van der Waals surface area contributed by atoms with Crippen LogP contribution in [0.5, 0.6) is 5.75 Å². The van der Waals surface area contributed by atoms with Crippen molar-refractivity contribution in [3.63, 3.8) is 0 Å². The van der Waals surface area contributed by atoms with Crippen LogP contribution < -0.4 is 5.32 Å². The second kappa shape index (κ2) is 6.77. The summed E-state index contributed by atoms with van der Waals surface area (Å²) in [5, 5.41) is 32.6. The van der Waals surface area contributed by atoms with Crippen molar-refractivity contribution in [1.29, 1.82) is 0 Å². The molecule has 0 bridgehead atoms. The zero-order valence-electron chi connectivity index (χ0n) is 13.8. The number of aromatic hydroxyl groups is 1. The summed E-state index contributed by atoms with van der Waals surface area (Å²) in [5.74, 6) is 0.872. The third kappa shape index (κ3) is 3.55. The maximum absolute atomic E-state index is 10.2. The van der Waals surface area contributed by atoms with Gasteiger partial charge in [-0.05, 0) is 43.9 Å². The van der Waals surface area contributed by atoms with Crippen LogP contribution in [0, 0.1) is 0 Å². The van der Waals surface area contributed by atoms with Gasteiger partial charge in [-0.25, -0.2) is 4.98 Å². The van der Waals surface area contributed by atoms with Gasteiger partial charge in [0.15, 0.2) is 0 Å². The number of nitrogens with one attached hydrogen (secondary N) is 1. The van der Waals surface area contributed by atoms with Crippen molar-refractivity contribution in [2.24, 2.45) is 0 Å². The van der Waals surface area contributed by atoms with Gasteiger partial charge in [-0.2, -0.15) is 0 Å². The first-order valence-electron chi connectivity index (χ1n) is 8.80. The smallest absolute Gasteiger partial charge is 0.243 e. The first kappa shape index (κ1) is 16.5. The highest BCUT2D eigenvalue weighted by molar-refractivity contribution is 6.30. The molecule has 2 atom stereocenters. The maximum Gasteiger partial charge on any atom is 0.243 e. The van der Waals surface area contributed by atoms with Gasteiger partial charge in [-0.1, -0.05) is 24.4 Å². The number of phenolic OH excluding ortho intramolecular Hbond substituents is 1. The number of aliphatic hydroxyl groups is 1. The maximum atomic E-state index is 10.2. The van der Waals surface area contributed by atoms with Crippen LogP contribution in [-0.4, -0.2) is 37.5 Å². The number of phenols is 1. The van der Waals surface area contributed by atoms with Gasteiger partial charge in [0.2, 0.25) is 5.95 Å². The van der Waals surface area contributed by atoms with E-state index >= 15 is 0 Å². The van der Waals surface area contributed by atoms with Crippen molar-refractivity contribution in [2.75, 3.05) is 5.32 Å². The van der Waals surface area contributed by atoms with E-state index in [1.807, 2.05) is 0 Å². The summed E-state index contributed by atoms with van der Waals surface area (Å²) in [5.41, 5.74) is 2.04. The van der Waals surface area contributed by atoms with E-state index in [9.17, 15) is 10.2 Å². The lowest BCUT2D eigenvalue weighted by atomic mass is 9.93. The number of nitrogens with zero attached hydrogens (tertiary/aromatic N) is 3. The molecule has 2 saturated carbocycles. The third-order valence-corrected chi connectivity index (χ3v) is 5.17. The second-order valence-electron chi connectivity index (χ2n) is 6.91. The van der Waals surface area contributed by atoms with Crippen molar-refractivity contribution in [2.45, 2.75) is 56.6 Å². The van der Waals surface area contributed by atoms with Crippen LogP contribution >= 0.6 is 11.6 Å². The molecule has 132 valence electrons. The molecule has 2 aliphatic carbocycles.